The summed E-state index contributed by atoms with van der Waals surface area (Å²) in [5.41, 5.74) is 1.89. The molecular formula is C21H23NO4. The molecule has 0 saturated heterocycles. The van der Waals surface area contributed by atoms with Crippen molar-refractivity contribution >= 4 is 17.6 Å². The van der Waals surface area contributed by atoms with E-state index in [0.29, 0.717) is 5.92 Å². The van der Waals surface area contributed by atoms with E-state index in [2.05, 4.69) is 6.92 Å². The van der Waals surface area contributed by atoms with Gasteiger partial charge in [0, 0.05) is 11.7 Å². The number of ether oxygens (including phenoxy) is 1. The Kier molecular flexibility index (Phi) is 5.26. The first-order valence-corrected chi connectivity index (χ1v) is 8.78. The Bertz CT molecular complexity index is 779. The minimum atomic E-state index is -0.968. The van der Waals surface area contributed by atoms with Crippen molar-refractivity contribution in [1.29, 1.82) is 0 Å². The Hall–Kier alpha value is -2.82. The molecule has 5 nitrogen and oxygen atoms in total. The van der Waals surface area contributed by atoms with Gasteiger partial charge in [0.25, 0.3) is 0 Å². The number of aromatic carboxylic acids is 1. The Morgan fingerprint density at radius 1 is 1.12 bits per heavy atom. The Labute approximate surface area is 153 Å². The highest BCUT2D eigenvalue weighted by Gasteiger charge is 2.35. The first-order valence-electron chi connectivity index (χ1n) is 8.78. The summed E-state index contributed by atoms with van der Waals surface area (Å²) in [4.78, 5) is 25.9. The summed E-state index contributed by atoms with van der Waals surface area (Å²) in [6.45, 7) is 2.09. The topological polar surface area (TPSA) is 66.8 Å². The van der Waals surface area contributed by atoms with Gasteiger partial charge in [0.1, 0.15) is 5.75 Å². The van der Waals surface area contributed by atoms with E-state index in [0.717, 1.165) is 29.8 Å². The molecule has 136 valence electrons. The molecule has 3 rings (SSSR count). The van der Waals surface area contributed by atoms with Crippen LogP contribution in [0.15, 0.2) is 48.5 Å². The number of rotatable bonds is 7. The van der Waals surface area contributed by atoms with E-state index in [1.54, 1.807) is 19.2 Å². The first-order chi connectivity index (χ1) is 12.5. The number of amides is 1. The zero-order valence-corrected chi connectivity index (χ0v) is 15.0. The maximum Gasteiger partial charge on any atom is 0.335 e. The second kappa shape index (κ2) is 7.60. The molecule has 1 aliphatic rings. The van der Waals surface area contributed by atoms with E-state index >= 15 is 0 Å². The molecule has 1 N–H and O–H groups in total. The quantitative estimate of drug-likeness (QED) is 0.823. The predicted molar refractivity (Wildman–Crippen MR) is 99.8 cm³/mol. The number of methoxy groups -OCH3 is 1. The van der Waals surface area contributed by atoms with E-state index in [1.807, 2.05) is 29.2 Å². The largest absolute Gasteiger partial charge is 0.497 e. The second-order valence-corrected chi connectivity index (χ2v) is 6.72. The summed E-state index contributed by atoms with van der Waals surface area (Å²) < 4.78 is 5.20. The van der Waals surface area contributed by atoms with Gasteiger partial charge < -0.3 is 14.7 Å². The van der Waals surface area contributed by atoms with Crippen LogP contribution in [0.1, 0.15) is 35.7 Å². The lowest BCUT2D eigenvalue weighted by Crippen LogP contribution is -2.41. The van der Waals surface area contributed by atoms with Crippen molar-refractivity contribution in [3.8, 4) is 5.75 Å². The SMILES string of the molecule is COc1ccc(N(C(=O)Cc2ccc(C(=O)O)cc2)C(C)C2CC2)cc1. The number of hydrogen-bond donors (Lipinski definition) is 1. The van der Waals surface area contributed by atoms with Crippen LogP contribution in [0.25, 0.3) is 0 Å². The molecule has 0 aromatic heterocycles. The number of nitrogens with zero attached hydrogens (tertiary/aromatic N) is 1. The summed E-state index contributed by atoms with van der Waals surface area (Å²) in [7, 11) is 1.62. The van der Waals surface area contributed by atoms with Gasteiger partial charge in [-0.3, -0.25) is 4.79 Å². The third kappa shape index (κ3) is 4.04. The fraction of sp³-hybridized carbons (Fsp3) is 0.333. The fourth-order valence-corrected chi connectivity index (χ4v) is 3.16. The van der Waals surface area contributed by atoms with E-state index < -0.39 is 5.97 Å². The second-order valence-electron chi connectivity index (χ2n) is 6.72. The lowest BCUT2D eigenvalue weighted by atomic mass is 10.1. The van der Waals surface area contributed by atoms with Crippen LogP contribution in [0.3, 0.4) is 0 Å². The van der Waals surface area contributed by atoms with Gasteiger partial charge in [-0.05, 0) is 67.6 Å². The Balaban J connectivity index is 1.80. The number of hydrogen-bond acceptors (Lipinski definition) is 3. The fourth-order valence-electron chi connectivity index (χ4n) is 3.16. The molecule has 0 spiro atoms. The molecule has 0 heterocycles. The lowest BCUT2D eigenvalue weighted by Gasteiger charge is -2.30. The van der Waals surface area contributed by atoms with Crippen LogP contribution in [0.4, 0.5) is 5.69 Å². The molecule has 5 heteroatoms. The van der Waals surface area contributed by atoms with E-state index in [9.17, 15) is 9.59 Å². The van der Waals surface area contributed by atoms with Crippen LogP contribution < -0.4 is 9.64 Å². The van der Waals surface area contributed by atoms with Crippen molar-refractivity contribution in [2.75, 3.05) is 12.0 Å². The number of carboxylic acids is 1. The minimum absolute atomic E-state index is 0.0117. The summed E-state index contributed by atoms with van der Waals surface area (Å²) in [6, 6.07) is 14.1. The van der Waals surface area contributed by atoms with Gasteiger partial charge in [-0.2, -0.15) is 0 Å². The van der Waals surface area contributed by atoms with Crippen LogP contribution in [-0.2, 0) is 11.2 Å². The molecule has 2 aromatic carbocycles. The molecule has 1 atom stereocenters. The lowest BCUT2D eigenvalue weighted by molar-refractivity contribution is -0.118. The van der Waals surface area contributed by atoms with E-state index in [1.165, 1.54) is 12.1 Å². The summed E-state index contributed by atoms with van der Waals surface area (Å²) in [6.07, 6.45) is 2.53. The monoisotopic (exact) mass is 353 g/mol. The summed E-state index contributed by atoms with van der Waals surface area (Å²) in [5.74, 6) is 0.336. The van der Waals surface area contributed by atoms with Crippen LogP contribution in [0.5, 0.6) is 5.75 Å². The number of carbonyl (C=O) groups excluding carboxylic acids is 1. The summed E-state index contributed by atoms with van der Waals surface area (Å²) in [5, 5.41) is 8.99. The number of benzene rings is 2. The average Bonchev–Trinajstić information content (AvgIpc) is 3.48. The first kappa shape index (κ1) is 18.0. The van der Waals surface area contributed by atoms with Crippen molar-refractivity contribution in [3.63, 3.8) is 0 Å². The smallest absolute Gasteiger partial charge is 0.335 e. The number of carbonyl (C=O) groups is 2. The van der Waals surface area contributed by atoms with Gasteiger partial charge in [0.15, 0.2) is 0 Å². The molecule has 0 radical (unpaired) electrons. The highest BCUT2D eigenvalue weighted by molar-refractivity contribution is 5.95. The highest BCUT2D eigenvalue weighted by atomic mass is 16.5. The van der Waals surface area contributed by atoms with Crippen LogP contribution in [0.2, 0.25) is 0 Å². The standard InChI is InChI=1S/C21H23NO4/c1-14(16-7-8-16)22(18-9-11-19(26-2)12-10-18)20(23)13-15-3-5-17(6-4-15)21(24)25/h3-6,9-12,14,16H,7-8,13H2,1-2H3,(H,24,25). The van der Waals surface area contributed by atoms with Crippen LogP contribution in [-0.4, -0.2) is 30.1 Å². The molecule has 2 aromatic rings. The normalized spacial score (nSPS) is 14.5. The van der Waals surface area contributed by atoms with Gasteiger partial charge in [0.2, 0.25) is 5.91 Å². The molecule has 1 saturated carbocycles. The Morgan fingerprint density at radius 2 is 1.73 bits per heavy atom. The van der Waals surface area contributed by atoms with Gasteiger partial charge in [-0.15, -0.1) is 0 Å². The van der Waals surface area contributed by atoms with Gasteiger partial charge in [0.05, 0.1) is 19.1 Å². The van der Waals surface area contributed by atoms with Crippen molar-refractivity contribution in [2.45, 2.75) is 32.2 Å². The number of anilines is 1. The van der Waals surface area contributed by atoms with E-state index in [4.69, 9.17) is 9.84 Å². The zero-order chi connectivity index (χ0) is 18.7. The zero-order valence-electron chi connectivity index (χ0n) is 15.0. The van der Waals surface area contributed by atoms with Gasteiger partial charge >= 0.3 is 5.97 Å². The molecule has 26 heavy (non-hydrogen) atoms. The molecule has 1 fully saturated rings. The maximum atomic E-state index is 13.0. The molecular weight excluding hydrogens is 330 g/mol. The predicted octanol–water partition coefficient (Wildman–Crippen LogP) is 3.77. The molecule has 0 bridgehead atoms. The third-order valence-electron chi connectivity index (χ3n) is 4.89. The Morgan fingerprint density at radius 3 is 2.23 bits per heavy atom. The van der Waals surface area contributed by atoms with Crippen molar-refractivity contribution < 1.29 is 19.4 Å². The van der Waals surface area contributed by atoms with Crippen LogP contribution in [0, 0.1) is 5.92 Å². The molecule has 1 aliphatic carbocycles. The van der Waals surface area contributed by atoms with Crippen molar-refractivity contribution in [2.24, 2.45) is 5.92 Å². The molecule has 1 unspecified atom stereocenters. The average molecular weight is 353 g/mol. The van der Waals surface area contributed by atoms with Gasteiger partial charge in [-0.25, -0.2) is 4.79 Å². The molecule has 1 amide bonds. The molecule has 0 aliphatic heterocycles. The van der Waals surface area contributed by atoms with Crippen molar-refractivity contribution in [1.82, 2.24) is 0 Å². The maximum absolute atomic E-state index is 13.0. The van der Waals surface area contributed by atoms with Gasteiger partial charge in [-0.1, -0.05) is 12.1 Å². The highest BCUT2D eigenvalue weighted by Crippen LogP contribution is 2.37. The summed E-state index contributed by atoms with van der Waals surface area (Å²) >= 11 is 0. The van der Waals surface area contributed by atoms with Crippen molar-refractivity contribution in [3.05, 3.63) is 59.7 Å². The minimum Gasteiger partial charge on any atom is -0.497 e. The number of carboxylic acid groups (broad SMARTS) is 1. The van der Waals surface area contributed by atoms with E-state index in [-0.39, 0.29) is 23.9 Å². The third-order valence-corrected chi connectivity index (χ3v) is 4.89. The van der Waals surface area contributed by atoms with Crippen LogP contribution >= 0.6 is 0 Å².